The Hall–Kier alpha value is -1.32. The highest BCUT2D eigenvalue weighted by molar-refractivity contribution is 7.98. The van der Waals surface area contributed by atoms with E-state index in [0.29, 0.717) is 0 Å². The lowest BCUT2D eigenvalue weighted by Crippen LogP contribution is -1.96. The van der Waals surface area contributed by atoms with Gasteiger partial charge in [0, 0.05) is 17.5 Å². The van der Waals surface area contributed by atoms with Crippen LogP contribution < -0.4 is 0 Å². The van der Waals surface area contributed by atoms with Gasteiger partial charge in [-0.2, -0.15) is 0 Å². The topological polar surface area (TPSA) is 33.1 Å². The lowest BCUT2D eigenvalue weighted by Gasteiger charge is -2.09. The van der Waals surface area contributed by atoms with Crippen LogP contribution in [0.25, 0.3) is 0 Å². The van der Waals surface area contributed by atoms with Crippen molar-refractivity contribution in [1.82, 2.24) is 4.98 Å². The van der Waals surface area contributed by atoms with Crippen LogP contribution in [0.2, 0.25) is 0 Å². The molecule has 0 unspecified atom stereocenters. The van der Waals surface area contributed by atoms with Crippen molar-refractivity contribution in [3.63, 3.8) is 0 Å². The molecule has 2 nitrogen and oxygen atoms in total. The summed E-state index contributed by atoms with van der Waals surface area (Å²) in [4.78, 5) is 4.32. The molecule has 0 bridgehead atoms. The summed E-state index contributed by atoms with van der Waals surface area (Å²) in [5.74, 6) is 0.873. The molecule has 0 amide bonds. The van der Waals surface area contributed by atoms with Crippen LogP contribution in [0.5, 0.6) is 0 Å². The van der Waals surface area contributed by atoms with Gasteiger partial charge in [0.15, 0.2) is 0 Å². The number of hydrogen-bond acceptors (Lipinski definition) is 3. The van der Waals surface area contributed by atoms with Gasteiger partial charge < -0.3 is 5.11 Å². The first-order valence-electron chi connectivity index (χ1n) is 5.57. The van der Waals surface area contributed by atoms with Crippen LogP contribution >= 0.6 is 11.8 Å². The zero-order chi connectivity index (χ0) is 12.1. The van der Waals surface area contributed by atoms with E-state index in [1.807, 2.05) is 30.3 Å². The maximum Gasteiger partial charge on any atom is 0.102 e. The third-order valence-corrected chi connectivity index (χ3v) is 3.56. The van der Waals surface area contributed by atoms with Gasteiger partial charge in [-0.1, -0.05) is 36.4 Å². The smallest absolute Gasteiger partial charge is 0.102 e. The molecule has 1 aromatic carbocycles. The highest BCUT2D eigenvalue weighted by Crippen LogP contribution is 2.27. The normalized spacial score (nSPS) is 12.4. The van der Waals surface area contributed by atoms with Gasteiger partial charge in [0.2, 0.25) is 0 Å². The second-order valence-corrected chi connectivity index (χ2v) is 4.81. The first kappa shape index (κ1) is 12.1. The average Bonchev–Trinajstić information content (AvgIpc) is 2.38. The molecule has 1 aromatic heterocycles. The number of nitrogens with zero attached hydrogens (tertiary/aromatic N) is 1. The molecule has 0 radical (unpaired) electrons. The molecule has 0 saturated heterocycles. The van der Waals surface area contributed by atoms with Crippen LogP contribution in [0, 0.1) is 0 Å². The fraction of sp³-hybridized carbons (Fsp3) is 0.214. The quantitative estimate of drug-likeness (QED) is 0.838. The summed E-state index contributed by atoms with van der Waals surface area (Å²) in [5, 5.41) is 10.6. The van der Waals surface area contributed by atoms with Crippen molar-refractivity contribution >= 4 is 11.8 Å². The number of rotatable bonds is 4. The second-order valence-electron chi connectivity index (χ2n) is 3.85. The van der Waals surface area contributed by atoms with Crippen molar-refractivity contribution in [2.75, 3.05) is 0 Å². The Balaban J connectivity index is 2.09. The van der Waals surface area contributed by atoms with Crippen LogP contribution in [0.15, 0.2) is 53.7 Å². The number of thioether (sulfide) groups is 1. The van der Waals surface area contributed by atoms with Crippen molar-refractivity contribution in [1.29, 1.82) is 0 Å². The Bertz CT molecular complexity index is 471. The van der Waals surface area contributed by atoms with Crippen molar-refractivity contribution in [3.8, 4) is 0 Å². The van der Waals surface area contributed by atoms with Gasteiger partial charge in [-0.15, -0.1) is 11.8 Å². The molecule has 17 heavy (non-hydrogen) atoms. The van der Waals surface area contributed by atoms with Crippen LogP contribution in [0.4, 0.5) is 0 Å². The summed E-state index contributed by atoms with van der Waals surface area (Å²) in [6.45, 7) is 1.77. The standard InChI is InChI=1S/C14H15NOS/c1-11(16)13-8-5-9-15-14(13)17-10-12-6-3-2-4-7-12/h2-9,11,16H,10H2,1H3/t11-/m0/s1. The summed E-state index contributed by atoms with van der Waals surface area (Å²) >= 11 is 1.66. The molecule has 88 valence electrons. The number of benzene rings is 1. The van der Waals surface area contributed by atoms with Gasteiger partial charge >= 0.3 is 0 Å². The molecular formula is C14H15NOS. The maximum atomic E-state index is 9.65. The minimum Gasteiger partial charge on any atom is -0.389 e. The first-order chi connectivity index (χ1) is 8.27. The zero-order valence-corrected chi connectivity index (χ0v) is 10.5. The Morgan fingerprint density at radius 2 is 1.94 bits per heavy atom. The molecular weight excluding hydrogens is 230 g/mol. The minimum absolute atomic E-state index is 0.470. The molecule has 2 aromatic rings. The van der Waals surface area contributed by atoms with Gasteiger partial charge in [-0.25, -0.2) is 4.98 Å². The van der Waals surface area contributed by atoms with E-state index in [1.165, 1.54) is 5.56 Å². The number of aliphatic hydroxyl groups excluding tert-OH is 1. The van der Waals surface area contributed by atoms with E-state index in [-0.39, 0.29) is 0 Å². The summed E-state index contributed by atoms with van der Waals surface area (Å²) in [6.07, 6.45) is 1.29. The molecule has 0 aliphatic carbocycles. The van der Waals surface area contributed by atoms with Gasteiger partial charge in [0.05, 0.1) is 6.10 Å². The molecule has 0 aliphatic heterocycles. The monoisotopic (exact) mass is 245 g/mol. The van der Waals surface area contributed by atoms with E-state index >= 15 is 0 Å². The number of aromatic nitrogens is 1. The van der Waals surface area contributed by atoms with E-state index in [9.17, 15) is 5.11 Å². The molecule has 0 fully saturated rings. The third kappa shape index (κ3) is 3.32. The summed E-state index contributed by atoms with van der Waals surface area (Å²) in [7, 11) is 0. The Labute approximate surface area is 106 Å². The fourth-order valence-corrected chi connectivity index (χ4v) is 2.60. The van der Waals surface area contributed by atoms with Crippen molar-refractivity contribution in [2.24, 2.45) is 0 Å². The molecule has 0 aliphatic rings. The Kier molecular flexibility index (Phi) is 4.18. The van der Waals surface area contributed by atoms with Crippen LogP contribution in [-0.2, 0) is 5.75 Å². The maximum absolute atomic E-state index is 9.65. The molecule has 1 N–H and O–H groups in total. The SMILES string of the molecule is C[C@H](O)c1cccnc1SCc1ccccc1. The number of aliphatic hydroxyl groups is 1. The van der Waals surface area contributed by atoms with Crippen molar-refractivity contribution in [3.05, 3.63) is 59.8 Å². The van der Waals surface area contributed by atoms with Crippen LogP contribution in [0.3, 0.4) is 0 Å². The molecule has 0 saturated carbocycles. The fourth-order valence-electron chi connectivity index (χ4n) is 1.57. The minimum atomic E-state index is -0.470. The summed E-state index contributed by atoms with van der Waals surface area (Å²) < 4.78 is 0. The highest BCUT2D eigenvalue weighted by Gasteiger charge is 2.08. The Morgan fingerprint density at radius 3 is 2.65 bits per heavy atom. The molecule has 1 atom stereocenters. The van der Waals surface area contributed by atoms with Gasteiger partial charge in [0.25, 0.3) is 0 Å². The van der Waals surface area contributed by atoms with E-state index in [2.05, 4.69) is 17.1 Å². The van der Waals surface area contributed by atoms with Crippen molar-refractivity contribution in [2.45, 2.75) is 23.8 Å². The van der Waals surface area contributed by atoms with Gasteiger partial charge in [-0.05, 0) is 18.6 Å². The van der Waals surface area contributed by atoms with Crippen LogP contribution in [0.1, 0.15) is 24.2 Å². The lowest BCUT2D eigenvalue weighted by atomic mass is 10.2. The number of pyridine rings is 1. The van der Waals surface area contributed by atoms with E-state index in [4.69, 9.17) is 0 Å². The van der Waals surface area contributed by atoms with E-state index in [0.717, 1.165) is 16.3 Å². The van der Waals surface area contributed by atoms with Crippen LogP contribution in [-0.4, -0.2) is 10.1 Å². The molecule has 3 heteroatoms. The predicted octanol–water partition coefficient (Wildman–Crippen LogP) is 3.43. The van der Waals surface area contributed by atoms with Gasteiger partial charge in [0.1, 0.15) is 5.03 Å². The summed E-state index contributed by atoms with van der Waals surface area (Å²) in [6, 6.07) is 14.0. The van der Waals surface area contributed by atoms with E-state index < -0.39 is 6.10 Å². The van der Waals surface area contributed by atoms with Gasteiger partial charge in [-0.3, -0.25) is 0 Å². The average molecular weight is 245 g/mol. The largest absolute Gasteiger partial charge is 0.389 e. The first-order valence-corrected chi connectivity index (χ1v) is 6.55. The lowest BCUT2D eigenvalue weighted by molar-refractivity contribution is 0.195. The third-order valence-electron chi connectivity index (χ3n) is 2.47. The second kappa shape index (κ2) is 5.84. The summed E-state index contributed by atoms with van der Waals surface area (Å²) in [5.41, 5.74) is 2.16. The molecule has 1 heterocycles. The number of hydrogen-bond donors (Lipinski definition) is 1. The van der Waals surface area contributed by atoms with Crippen molar-refractivity contribution < 1.29 is 5.11 Å². The van der Waals surface area contributed by atoms with E-state index in [1.54, 1.807) is 24.9 Å². The highest BCUT2D eigenvalue weighted by atomic mass is 32.2. The predicted molar refractivity (Wildman–Crippen MR) is 70.9 cm³/mol. The zero-order valence-electron chi connectivity index (χ0n) is 9.71. The molecule has 0 spiro atoms. The Morgan fingerprint density at radius 1 is 1.18 bits per heavy atom. The molecule has 2 rings (SSSR count).